The van der Waals surface area contributed by atoms with Gasteiger partial charge in [-0.05, 0) is 73.9 Å². The Morgan fingerprint density at radius 1 is 0.947 bits per heavy atom. The van der Waals surface area contributed by atoms with Crippen molar-refractivity contribution in [3.63, 3.8) is 0 Å². The van der Waals surface area contributed by atoms with Gasteiger partial charge in [0.25, 0.3) is 11.8 Å². The molecule has 0 saturated carbocycles. The molecule has 0 unspecified atom stereocenters. The fourth-order valence-corrected chi connectivity index (χ4v) is 5.23. The van der Waals surface area contributed by atoms with Crippen LogP contribution in [0.3, 0.4) is 0 Å². The average molecular weight is 510 g/mol. The highest BCUT2D eigenvalue weighted by atomic mass is 16.5. The Kier molecular flexibility index (Phi) is 8.07. The first-order valence-electron chi connectivity index (χ1n) is 13.6. The van der Waals surface area contributed by atoms with Crippen LogP contribution in [-0.2, 0) is 6.42 Å². The van der Waals surface area contributed by atoms with Crippen LogP contribution in [0.15, 0.2) is 85.1 Å². The minimum atomic E-state index is -0.199. The quantitative estimate of drug-likeness (QED) is 0.370. The van der Waals surface area contributed by atoms with Crippen LogP contribution in [0.25, 0.3) is 10.9 Å². The molecule has 1 atom stereocenters. The molecule has 1 aromatic heterocycles. The summed E-state index contributed by atoms with van der Waals surface area (Å²) in [5, 5.41) is 1.08. The van der Waals surface area contributed by atoms with E-state index in [1.165, 1.54) is 0 Å². The van der Waals surface area contributed by atoms with E-state index in [-0.39, 0.29) is 17.9 Å². The predicted molar refractivity (Wildman–Crippen MR) is 151 cm³/mol. The van der Waals surface area contributed by atoms with Crippen molar-refractivity contribution < 1.29 is 14.3 Å². The summed E-state index contributed by atoms with van der Waals surface area (Å²) < 4.78 is 6.38. The van der Waals surface area contributed by atoms with Gasteiger partial charge < -0.3 is 19.5 Å². The molecule has 1 aliphatic rings. The molecule has 5 rings (SSSR count). The lowest BCUT2D eigenvalue weighted by atomic mass is 10.0. The van der Waals surface area contributed by atoms with Gasteiger partial charge in [0.2, 0.25) is 0 Å². The van der Waals surface area contributed by atoms with Gasteiger partial charge in [-0.15, -0.1) is 0 Å². The Balaban J connectivity index is 1.50. The fraction of sp³-hybridized carbons (Fsp3) is 0.312. The maximum absolute atomic E-state index is 14.0. The van der Waals surface area contributed by atoms with E-state index < -0.39 is 0 Å². The van der Waals surface area contributed by atoms with Crippen molar-refractivity contribution in [1.29, 1.82) is 0 Å². The fourth-order valence-electron chi connectivity index (χ4n) is 5.23. The van der Waals surface area contributed by atoms with Gasteiger partial charge in [0, 0.05) is 36.9 Å². The molecule has 0 fully saturated rings. The van der Waals surface area contributed by atoms with Crippen molar-refractivity contribution in [3.05, 3.63) is 102 Å². The molecular formula is C32H35N3O3. The van der Waals surface area contributed by atoms with Crippen LogP contribution in [0.2, 0.25) is 0 Å². The van der Waals surface area contributed by atoms with E-state index in [0.717, 1.165) is 35.7 Å². The van der Waals surface area contributed by atoms with Crippen molar-refractivity contribution in [2.75, 3.05) is 26.2 Å². The molecule has 1 aliphatic heterocycles. The lowest BCUT2D eigenvalue weighted by Gasteiger charge is -2.32. The van der Waals surface area contributed by atoms with Gasteiger partial charge >= 0.3 is 0 Å². The number of amides is 2. The Hall–Kier alpha value is -4.06. The lowest BCUT2D eigenvalue weighted by Crippen LogP contribution is -2.45. The summed E-state index contributed by atoms with van der Waals surface area (Å²) >= 11 is 0. The average Bonchev–Trinajstić information content (AvgIpc) is 3.43. The van der Waals surface area contributed by atoms with Crippen LogP contribution >= 0.6 is 0 Å². The molecule has 38 heavy (non-hydrogen) atoms. The van der Waals surface area contributed by atoms with Crippen LogP contribution in [0.4, 0.5) is 0 Å². The second kappa shape index (κ2) is 12.0. The number of carbonyl (C=O) groups excluding carboxylic acids is 2. The van der Waals surface area contributed by atoms with E-state index >= 15 is 0 Å². The van der Waals surface area contributed by atoms with Crippen LogP contribution in [0, 0.1) is 0 Å². The number of ether oxygens (including phenoxy) is 1. The second-order valence-electron chi connectivity index (χ2n) is 9.87. The number of aromatic amines is 1. The van der Waals surface area contributed by atoms with Gasteiger partial charge in [-0.3, -0.25) is 9.59 Å². The highest BCUT2D eigenvalue weighted by Gasteiger charge is 2.27. The van der Waals surface area contributed by atoms with E-state index in [1.54, 1.807) is 0 Å². The summed E-state index contributed by atoms with van der Waals surface area (Å²) in [7, 11) is 0. The van der Waals surface area contributed by atoms with Gasteiger partial charge in [0.05, 0.1) is 11.6 Å². The number of H-pyrrole nitrogens is 1. The molecule has 4 aromatic rings. The molecule has 0 saturated heterocycles. The summed E-state index contributed by atoms with van der Waals surface area (Å²) in [4.78, 5) is 34.5. The van der Waals surface area contributed by atoms with E-state index in [1.807, 2.05) is 89.7 Å². The number of benzene rings is 3. The topological polar surface area (TPSA) is 65.6 Å². The zero-order chi connectivity index (χ0) is 26.3. The minimum Gasteiger partial charge on any atom is -0.491 e. The number of fused-ring (bicyclic) bond motifs is 2. The van der Waals surface area contributed by atoms with E-state index in [9.17, 15) is 9.59 Å². The molecule has 2 heterocycles. The number of rotatable bonds is 4. The molecule has 2 amide bonds. The molecule has 3 aromatic carbocycles. The van der Waals surface area contributed by atoms with Crippen LogP contribution < -0.4 is 4.74 Å². The number of aromatic nitrogens is 1. The molecule has 0 bridgehead atoms. The van der Waals surface area contributed by atoms with E-state index in [0.29, 0.717) is 49.5 Å². The van der Waals surface area contributed by atoms with E-state index in [4.69, 9.17) is 4.74 Å². The van der Waals surface area contributed by atoms with Crippen molar-refractivity contribution in [2.24, 2.45) is 0 Å². The zero-order valence-corrected chi connectivity index (χ0v) is 21.9. The van der Waals surface area contributed by atoms with Gasteiger partial charge in [-0.1, -0.05) is 48.5 Å². The number of hydrogen-bond acceptors (Lipinski definition) is 3. The first kappa shape index (κ1) is 25.6. The monoisotopic (exact) mass is 509 g/mol. The molecule has 0 spiro atoms. The Bertz CT molecular complexity index is 1380. The SMILES string of the molecule is CCN1CCCCCN(C(=O)c2ccc3cc[nH]c3c2)[C@@H](Cc2ccccc2)COc2ccccc2C1=O. The summed E-state index contributed by atoms with van der Waals surface area (Å²) in [6, 6.07) is 25.3. The maximum atomic E-state index is 14.0. The minimum absolute atomic E-state index is 0.000416. The van der Waals surface area contributed by atoms with Crippen LogP contribution in [-0.4, -0.2) is 58.9 Å². The third-order valence-corrected chi connectivity index (χ3v) is 7.36. The Labute approximate surface area is 224 Å². The number of hydrogen-bond donors (Lipinski definition) is 1. The number of nitrogens with zero attached hydrogens (tertiary/aromatic N) is 2. The molecule has 0 radical (unpaired) electrons. The van der Waals surface area contributed by atoms with Gasteiger partial charge in [-0.25, -0.2) is 0 Å². The number of carbonyl (C=O) groups is 2. The summed E-state index contributed by atoms with van der Waals surface area (Å²) in [5.74, 6) is 0.558. The van der Waals surface area contributed by atoms with Crippen molar-refractivity contribution >= 4 is 22.7 Å². The van der Waals surface area contributed by atoms with Gasteiger partial charge in [0.1, 0.15) is 12.4 Å². The molecule has 1 N–H and O–H groups in total. The molecule has 6 heteroatoms. The van der Waals surface area contributed by atoms with Crippen molar-refractivity contribution in [1.82, 2.24) is 14.8 Å². The first-order valence-corrected chi connectivity index (χ1v) is 13.6. The number of nitrogens with one attached hydrogen (secondary N) is 1. The molecular weight excluding hydrogens is 474 g/mol. The largest absolute Gasteiger partial charge is 0.491 e. The van der Waals surface area contributed by atoms with Crippen molar-refractivity contribution in [2.45, 2.75) is 38.6 Å². The lowest BCUT2D eigenvalue weighted by molar-refractivity contribution is 0.0605. The maximum Gasteiger partial charge on any atom is 0.257 e. The van der Waals surface area contributed by atoms with Crippen LogP contribution in [0.5, 0.6) is 5.75 Å². The van der Waals surface area contributed by atoms with Crippen LogP contribution in [0.1, 0.15) is 52.5 Å². The third-order valence-electron chi connectivity index (χ3n) is 7.36. The Morgan fingerprint density at radius 3 is 2.58 bits per heavy atom. The normalized spacial score (nSPS) is 17.2. The summed E-state index contributed by atoms with van der Waals surface area (Å²) in [6.45, 7) is 4.27. The molecule has 0 aliphatic carbocycles. The molecule has 196 valence electrons. The zero-order valence-electron chi connectivity index (χ0n) is 21.9. The third kappa shape index (κ3) is 5.75. The van der Waals surface area contributed by atoms with Gasteiger partial charge in [-0.2, -0.15) is 0 Å². The first-order chi connectivity index (χ1) is 18.6. The number of para-hydroxylation sites is 1. The predicted octanol–water partition coefficient (Wildman–Crippen LogP) is 5.95. The standard InChI is InChI=1S/C32H35N3O3/c1-2-34-19-9-4-10-20-35(31(36)26-16-15-25-17-18-33-29(25)22-26)27(21-24-11-5-3-6-12-24)23-38-30-14-8-7-13-28(30)32(34)37/h3,5-8,11-18,22,27,33H,2,4,9-10,19-21,23H2,1H3/t27-/m0/s1. The highest BCUT2D eigenvalue weighted by Crippen LogP contribution is 2.24. The second-order valence-corrected chi connectivity index (χ2v) is 9.87. The Morgan fingerprint density at radius 2 is 1.74 bits per heavy atom. The highest BCUT2D eigenvalue weighted by molar-refractivity contribution is 5.98. The summed E-state index contributed by atoms with van der Waals surface area (Å²) in [5.41, 5.74) is 3.33. The van der Waals surface area contributed by atoms with Crippen molar-refractivity contribution in [3.8, 4) is 5.75 Å². The smallest absolute Gasteiger partial charge is 0.257 e. The summed E-state index contributed by atoms with van der Waals surface area (Å²) in [6.07, 6.45) is 5.24. The van der Waals surface area contributed by atoms with Gasteiger partial charge in [0.15, 0.2) is 0 Å². The molecule has 6 nitrogen and oxygen atoms in total. The van der Waals surface area contributed by atoms with E-state index in [2.05, 4.69) is 17.1 Å².